The molecule has 0 bridgehead atoms. The van der Waals surface area contributed by atoms with Crippen LogP contribution in [0.2, 0.25) is 5.02 Å². The van der Waals surface area contributed by atoms with E-state index in [2.05, 4.69) is 50.2 Å². The second kappa shape index (κ2) is 9.88. The minimum Gasteiger partial charge on any atom is -0.506 e. The molecule has 1 atom stereocenters. The Balaban J connectivity index is 1.98. The van der Waals surface area contributed by atoms with Gasteiger partial charge in [0.2, 0.25) is 0 Å². The Kier molecular flexibility index (Phi) is 7.32. The van der Waals surface area contributed by atoms with Gasteiger partial charge in [-0.25, -0.2) is 9.79 Å². The molecule has 0 saturated heterocycles. The van der Waals surface area contributed by atoms with E-state index in [1.54, 1.807) is 44.2 Å². The molecule has 0 saturated carbocycles. The fraction of sp³-hybridized carbons (Fsp3) is 0.174. The summed E-state index contributed by atoms with van der Waals surface area (Å²) in [5.74, 6) is -0.405. The Bertz CT molecular complexity index is 1480. The van der Waals surface area contributed by atoms with Crippen molar-refractivity contribution in [3.63, 3.8) is 0 Å². The number of carbonyl (C=O) groups is 1. The van der Waals surface area contributed by atoms with Crippen LogP contribution in [0.4, 0.5) is 0 Å². The highest BCUT2D eigenvalue weighted by molar-refractivity contribution is 14.1. The molecule has 0 aliphatic carbocycles. The van der Waals surface area contributed by atoms with E-state index in [1.807, 2.05) is 12.1 Å². The molecule has 1 aromatic heterocycles. The molecule has 4 rings (SSSR count). The summed E-state index contributed by atoms with van der Waals surface area (Å²) in [6.45, 7) is 3.67. The molecule has 0 radical (unpaired) electrons. The summed E-state index contributed by atoms with van der Waals surface area (Å²) < 4.78 is 8.83. The lowest BCUT2D eigenvalue weighted by Crippen LogP contribution is -2.39. The second-order valence-corrected chi connectivity index (χ2v) is 11.0. The third-order valence-corrected chi connectivity index (χ3v) is 7.73. The Hall–Kier alpha value is -1.70. The van der Waals surface area contributed by atoms with Crippen LogP contribution in [0.25, 0.3) is 6.08 Å². The van der Waals surface area contributed by atoms with Gasteiger partial charge in [-0.3, -0.25) is 9.36 Å². The van der Waals surface area contributed by atoms with Crippen LogP contribution in [0.5, 0.6) is 5.75 Å². The highest BCUT2D eigenvalue weighted by Gasteiger charge is 2.33. The molecule has 2 aromatic carbocycles. The van der Waals surface area contributed by atoms with Crippen LogP contribution >= 0.6 is 68.1 Å². The van der Waals surface area contributed by atoms with E-state index >= 15 is 0 Å². The standard InChI is InChI=1S/C23H17ClI2N2O4S/c1-3-32-22(31)18-11(2)27-23-28(19(18)12-4-6-14(24)7-5-12)21(30)17(33-23)9-13-8-15(25)10-16(26)20(13)29/h4-10,19,29H,3H2,1-2H3/b17-9+/t19-/m0/s1. The number of halogens is 3. The van der Waals surface area contributed by atoms with Gasteiger partial charge in [0.05, 0.1) is 32.0 Å². The van der Waals surface area contributed by atoms with E-state index in [-0.39, 0.29) is 17.9 Å². The van der Waals surface area contributed by atoms with Gasteiger partial charge in [0, 0.05) is 14.2 Å². The van der Waals surface area contributed by atoms with Crippen LogP contribution in [-0.2, 0) is 9.53 Å². The summed E-state index contributed by atoms with van der Waals surface area (Å²) in [7, 11) is 0. The predicted molar refractivity (Wildman–Crippen MR) is 145 cm³/mol. The number of carbonyl (C=O) groups excluding carboxylic acids is 1. The number of allylic oxidation sites excluding steroid dienone is 1. The maximum atomic E-state index is 13.6. The average molecular weight is 707 g/mol. The van der Waals surface area contributed by atoms with Gasteiger partial charge in [-0.2, -0.15) is 0 Å². The molecular weight excluding hydrogens is 690 g/mol. The summed E-state index contributed by atoms with van der Waals surface area (Å²) in [5.41, 5.74) is 1.76. The molecule has 33 heavy (non-hydrogen) atoms. The molecule has 6 nitrogen and oxygen atoms in total. The Morgan fingerprint density at radius 2 is 2.00 bits per heavy atom. The first-order valence-corrected chi connectivity index (χ1v) is 13.2. The Morgan fingerprint density at radius 1 is 1.30 bits per heavy atom. The SMILES string of the molecule is CCOC(=O)C1=C(C)N=c2s/c(=C/c3cc(I)cc(I)c3O)c(=O)n2[C@H]1c1ccc(Cl)cc1. The van der Waals surface area contributed by atoms with Gasteiger partial charge in [-0.15, -0.1) is 0 Å². The van der Waals surface area contributed by atoms with Crippen molar-refractivity contribution in [1.29, 1.82) is 0 Å². The zero-order chi connectivity index (χ0) is 23.9. The second-order valence-electron chi connectivity index (χ2n) is 7.18. The molecule has 0 unspecified atom stereocenters. The van der Waals surface area contributed by atoms with Crippen molar-refractivity contribution in [3.8, 4) is 5.75 Å². The topological polar surface area (TPSA) is 80.9 Å². The number of hydrogen-bond acceptors (Lipinski definition) is 6. The van der Waals surface area contributed by atoms with Crippen molar-refractivity contribution in [2.75, 3.05) is 6.61 Å². The van der Waals surface area contributed by atoms with Crippen molar-refractivity contribution in [2.45, 2.75) is 19.9 Å². The quantitative estimate of drug-likeness (QED) is 0.323. The number of phenolic OH excluding ortho intramolecular Hbond substituents is 1. The van der Waals surface area contributed by atoms with Crippen LogP contribution in [-0.4, -0.2) is 22.2 Å². The van der Waals surface area contributed by atoms with Gasteiger partial charge in [0.15, 0.2) is 4.80 Å². The molecule has 1 aliphatic rings. The number of fused-ring (bicyclic) bond motifs is 1. The number of hydrogen-bond donors (Lipinski definition) is 1. The maximum Gasteiger partial charge on any atom is 0.338 e. The number of benzene rings is 2. The first-order valence-electron chi connectivity index (χ1n) is 9.84. The van der Waals surface area contributed by atoms with E-state index in [9.17, 15) is 14.7 Å². The van der Waals surface area contributed by atoms with Crippen molar-refractivity contribution in [3.05, 3.63) is 90.6 Å². The largest absolute Gasteiger partial charge is 0.506 e. The van der Waals surface area contributed by atoms with E-state index in [0.717, 1.165) is 9.13 Å². The lowest BCUT2D eigenvalue weighted by molar-refractivity contribution is -0.139. The van der Waals surface area contributed by atoms with E-state index in [4.69, 9.17) is 16.3 Å². The first kappa shape index (κ1) is 24.4. The highest BCUT2D eigenvalue weighted by atomic mass is 127. The van der Waals surface area contributed by atoms with E-state index < -0.39 is 12.0 Å². The summed E-state index contributed by atoms with van der Waals surface area (Å²) in [5, 5.41) is 11.0. The van der Waals surface area contributed by atoms with Crippen LogP contribution < -0.4 is 14.9 Å². The zero-order valence-corrected chi connectivity index (χ0v) is 23.3. The predicted octanol–water partition coefficient (Wildman–Crippen LogP) is 4.37. The molecule has 1 aliphatic heterocycles. The summed E-state index contributed by atoms with van der Waals surface area (Å²) >= 11 is 11.5. The minimum absolute atomic E-state index is 0.111. The number of thiazole rings is 1. The number of rotatable bonds is 4. The van der Waals surface area contributed by atoms with E-state index in [1.165, 1.54) is 15.9 Å². The number of nitrogens with zero attached hydrogens (tertiary/aromatic N) is 2. The van der Waals surface area contributed by atoms with Gasteiger partial charge in [0.1, 0.15) is 5.75 Å². The minimum atomic E-state index is -0.704. The summed E-state index contributed by atoms with van der Waals surface area (Å²) in [6, 6.07) is 9.97. The molecule has 2 heterocycles. The summed E-state index contributed by atoms with van der Waals surface area (Å²) in [6.07, 6.45) is 1.66. The first-order chi connectivity index (χ1) is 15.7. The normalized spacial score (nSPS) is 15.9. The van der Waals surface area contributed by atoms with Crippen LogP contribution in [0.15, 0.2) is 57.5 Å². The molecule has 1 N–H and O–H groups in total. The van der Waals surface area contributed by atoms with Gasteiger partial charge in [-0.1, -0.05) is 35.1 Å². The fourth-order valence-corrected chi connectivity index (χ4v) is 6.64. The van der Waals surface area contributed by atoms with Crippen LogP contribution in [0.1, 0.15) is 31.0 Å². The number of phenols is 1. The van der Waals surface area contributed by atoms with E-state index in [0.29, 0.717) is 34.8 Å². The Labute approximate surface area is 225 Å². The van der Waals surface area contributed by atoms with Gasteiger partial charge in [0.25, 0.3) is 5.56 Å². The fourth-order valence-electron chi connectivity index (χ4n) is 3.59. The van der Waals surface area contributed by atoms with Gasteiger partial charge < -0.3 is 9.84 Å². The maximum absolute atomic E-state index is 13.6. The molecule has 0 fully saturated rings. The van der Waals surface area contributed by atoms with Crippen molar-refractivity contribution in [2.24, 2.45) is 4.99 Å². The lowest BCUT2D eigenvalue weighted by Gasteiger charge is -2.24. The zero-order valence-electron chi connectivity index (χ0n) is 17.4. The monoisotopic (exact) mass is 706 g/mol. The number of ether oxygens (including phenoxy) is 1. The van der Waals surface area contributed by atoms with Gasteiger partial charge >= 0.3 is 5.97 Å². The molecule has 0 spiro atoms. The smallest absolute Gasteiger partial charge is 0.338 e. The molecule has 0 amide bonds. The molecule has 170 valence electrons. The van der Waals surface area contributed by atoms with Gasteiger partial charge in [-0.05, 0) is 94.9 Å². The van der Waals surface area contributed by atoms with Crippen molar-refractivity contribution in [1.82, 2.24) is 4.57 Å². The number of esters is 1. The van der Waals surface area contributed by atoms with Crippen LogP contribution in [0, 0.1) is 7.14 Å². The molecule has 10 heteroatoms. The molecule has 3 aromatic rings. The Morgan fingerprint density at radius 3 is 2.67 bits per heavy atom. The number of aromatic hydroxyl groups is 1. The van der Waals surface area contributed by atoms with Crippen molar-refractivity contribution < 1.29 is 14.6 Å². The molecular formula is C23H17ClI2N2O4S. The van der Waals surface area contributed by atoms with Crippen molar-refractivity contribution >= 4 is 80.2 Å². The third-order valence-electron chi connectivity index (χ3n) is 5.05. The summed E-state index contributed by atoms with van der Waals surface area (Å²) in [4.78, 5) is 31.5. The van der Waals surface area contributed by atoms with Crippen LogP contribution in [0.3, 0.4) is 0 Å². The average Bonchev–Trinajstić information content (AvgIpc) is 3.06. The highest BCUT2D eigenvalue weighted by Crippen LogP contribution is 2.31. The lowest BCUT2D eigenvalue weighted by atomic mass is 9.96. The third kappa shape index (κ3) is 4.77. The number of aromatic nitrogens is 1.